The van der Waals surface area contributed by atoms with Crippen LogP contribution in [0.5, 0.6) is 0 Å². The van der Waals surface area contributed by atoms with E-state index in [1.54, 1.807) is 0 Å². The molecule has 0 aromatic heterocycles. The molecule has 28 heavy (non-hydrogen) atoms. The van der Waals surface area contributed by atoms with E-state index in [1.807, 2.05) is 19.9 Å². The monoisotopic (exact) mass is 385 g/mol. The first-order valence-electron chi connectivity index (χ1n) is 10.6. The van der Waals surface area contributed by atoms with Crippen LogP contribution in [0.3, 0.4) is 0 Å². The van der Waals surface area contributed by atoms with Gasteiger partial charge in [-0.25, -0.2) is 9.79 Å². The van der Waals surface area contributed by atoms with Crippen molar-refractivity contribution in [3.05, 3.63) is 46.6 Å². The third kappa shape index (κ3) is 9.87. The maximum Gasteiger partial charge on any atom is 0.337 e. The third-order valence-electron chi connectivity index (χ3n) is 4.87. The van der Waals surface area contributed by atoms with E-state index in [2.05, 4.69) is 57.8 Å². The number of rotatable bonds is 11. The Bertz CT molecular complexity index is 671. The first kappa shape index (κ1) is 24.1. The van der Waals surface area contributed by atoms with E-state index in [-0.39, 0.29) is 17.9 Å². The lowest BCUT2D eigenvalue weighted by Crippen LogP contribution is -2.20. The average molecular weight is 386 g/mol. The Morgan fingerprint density at radius 2 is 1.39 bits per heavy atom. The largest absolute Gasteiger partial charge is 0.406 e. The second-order valence-corrected chi connectivity index (χ2v) is 8.57. The molecular formula is C25H39NO2. The van der Waals surface area contributed by atoms with Crippen LogP contribution in [0.1, 0.15) is 87.0 Å². The van der Waals surface area contributed by atoms with Gasteiger partial charge in [0.25, 0.3) is 0 Å². The predicted octanol–water partition coefficient (Wildman–Crippen LogP) is 7.11. The molecule has 0 aliphatic carbocycles. The van der Waals surface area contributed by atoms with Gasteiger partial charge in [0.2, 0.25) is 5.90 Å². The van der Waals surface area contributed by atoms with Crippen molar-refractivity contribution in [2.75, 3.05) is 0 Å². The summed E-state index contributed by atoms with van der Waals surface area (Å²) >= 11 is 0. The summed E-state index contributed by atoms with van der Waals surface area (Å²) in [5.74, 6) is 0.416. The molecule has 1 heterocycles. The van der Waals surface area contributed by atoms with Crippen molar-refractivity contribution < 1.29 is 9.53 Å². The van der Waals surface area contributed by atoms with Crippen molar-refractivity contribution in [3.8, 4) is 0 Å². The van der Waals surface area contributed by atoms with Crippen molar-refractivity contribution >= 4 is 11.9 Å². The average Bonchev–Trinajstić information content (AvgIpc) is 2.95. The highest BCUT2D eigenvalue weighted by Crippen LogP contribution is 2.18. The molecule has 1 atom stereocenters. The number of cyclic esters (lactones) is 1. The zero-order valence-electron chi connectivity index (χ0n) is 19.0. The number of nitrogens with zero attached hydrogens (tertiary/aromatic N) is 1. The van der Waals surface area contributed by atoms with Gasteiger partial charge in [0.05, 0.1) is 0 Å². The number of esters is 1. The van der Waals surface area contributed by atoms with Gasteiger partial charge < -0.3 is 4.74 Å². The summed E-state index contributed by atoms with van der Waals surface area (Å²) < 4.78 is 5.26. The van der Waals surface area contributed by atoms with Gasteiger partial charge in [-0.15, -0.1) is 0 Å². The normalized spacial score (nSPS) is 18.4. The Labute approximate surface area is 172 Å². The van der Waals surface area contributed by atoms with E-state index in [0.29, 0.717) is 5.90 Å². The smallest absolute Gasteiger partial charge is 0.337 e. The van der Waals surface area contributed by atoms with Gasteiger partial charge in [-0.2, -0.15) is 0 Å². The standard InChI is InChI=1S/C25H39NO2/c1-18(2)11-8-12-20(5)13-9-14-21(6)15-10-16-22(7)17-23-26-24(19(3)4)25(27)28-23/h11,13,15,17,19,24H,8-10,12,14,16H2,1-7H3. The van der Waals surface area contributed by atoms with Gasteiger partial charge >= 0.3 is 5.97 Å². The minimum absolute atomic E-state index is 0.175. The number of hydrogen-bond acceptors (Lipinski definition) is 3. The first-order chi connectivity index (χ1) is 13.2. The van der Waals surface area contributed by atoms with Crippen LogP contribution >= 0.6 is 0 Å². The molecule has 0 amide bonds. The Hall–Kier alpha value is -1.90. The molecule has 1 aliphatic rings. The van der Waals surface area contributed by atoms with Gasteiger partial charge in [-0.3, -0.25) is 0 Å². The Kier molecular flexibility index (Phi) is 10.8. The number of allylic oxidation sites excluding steroid dienone is 7. The van der Waals surface area contributed by atoms with E-state index in [9.17, 15) is 4.79 Å². The van der Waals surface area contributed by atoms with Crippen molar-refractivity contribution in [1.29, 1.82) is 0 Å². The molecule has 1 unspecified atom stereocenters. The predicted molar refractivity (Wildman–Crippen MR) is 121 cm³/mol. The summed E-state index contributed by atoms with van der Waals surface area (Å²) in [6, 6.07) is -0.347. The number of hydrogen-bond donors (Lipinski definition) is 0. The van der Waals surface area contributed by atoms with Crippen LogP contribution in [-0.2, 0) is 9.53 Å². The quantitative estimate of drug-likeness (QED) is 0.281. The zero-order valence-corrected chi connectivity index (χ0v) is 19.0. The molecule has 156 valence electrons. The van der Waals surface area contributed by atoms with Gasteiger partial charge in [-0.05, 0) is 85.1 Å². The zero-order chi connectivity index (χ0) is 21.1. The molecule has 0 aromatic rings. The van der Waals surface area contributed by atoms with E-state index in [0.717, 1.165) is 38.5 Å². The SMILES string of the molecule is CC(C)=CCCC(C)=CCCC(C)=CCCC(C)=CC1=NC(C(C)C)C(=O)O1. The molecule has 0 spiro atoms. The van der Waals surface area contributed by atoms with Crippen molar-refractivity contribution in [2.45, 2.75) is 93.0 Å². The highest BCUT2D eigenvalue weighted by atomic mass is 16.6. The van der Waals surface area contributed by atoms with Crippen LogP contribution in [0.2, 0.25) is 0 Å². The van der Waals surface area contributed by atoms with Gasteiger partial charge in [0, 0.05) is 0 Å². The topological polar surface area (TPSA) is 38.7 Å². The first-order valence-corrected chi connectivity index (χ1v) is 10.6. The van der Waals surface area contributed by atoms with E-state index in [4.69, 9.17) is 4.74 Å². The lowest BCUT2D eigenvalue weighted by molar-refractivity contribution is -0.135. The molecule has 3 nitrogen and oxygen atoms in total. The van der Waals surface area contributed by atoms with Crippen LogP contribution in [-0.4, -0.2) is 17.9 Å². The minimum atomic E-state index is -0.347. The summed E-state index contributed by atoms with van der Waals surface area (Å²) in [4.78, 5) is 16.1. The van der Waals surface area contributed by atoms with Crippen LogP contribution in [0.25, 0.3) is 0 Å². The highest BCUT2D eigenvalue weighted by molar-refractivity contribution is 6.03. The lowest BCUT2D eigenvalue weighted by Gasteiger charge is -2.04. The maximum absolute atomic E-state index is 11.8. The van der Waals surface area contributed by atoms with E-state index >= 15 is 0 Å². The van der Waals surface area contributed by atoms with Crippen LogP contribution in [0.15, 0.2) is 51.6 Å². The van der Waals surface area contributed by atoms with Crippen molar-refractivity contribution in [2.24, 2.45) is 10.9 Å². The maximum atomic E-state index is 11.8. The van der Waals surface area contributed by atoms with Crippen molar-refractivity contribution in [3.63, 3.8) is 0 Å². The third-order valence-corrected chi connectivity index (χ3v) is 4.87. The minimum Gasteiger partial charge on any atom is -0.406 e. The molecule has 0 bridgehead atoms. The molecule has 0 saturated carbocycles. The Morgan fingerprint density at radius 1 is 0.893 bits per heavy atom. The molecular weight excluding hydrogens is 346 g/mol. The molecule has 0 radical (unpaired) electrons. The lowest BCUT2D eigenvalue weighted by atomic mass is 10.0. The summed E-state index contributed by atoms with van der Waals surface area (Å²) in [5, 5.41) is 0. The summed E-state index contributed by atoms with van der Waals surface area (Å²) in [6.45, 7) is 14.8. The number of aliphatic imine (C=N–C) groups is 1. The van der Waals surface area contributed by atoms with E-state index < -0.39 is 0 Å². The Balaban J connectivity index is 2.36. The molecule has 0 aromatic carbocycles. The molecule has 1 rings (SSSR count). The number of carbonyl (C=O) groups is 1. The number of ether oxygens (including phenoxy) is 1. The second kappa shape index (κ2) is 12.5. The fourth-order valence-electron chi connectivity index (χ4n) is 3.04. The molecule has 0 fully saturated rings. The molecule has 3 heteroatoms. The fourth-order valence-corrected chi connectivity index (χ4v) is 3.04. The molecule has 0 saturated heterocycles. The van der Waals surface area contributed by atoms with Gasteiger partial charge in [0.1, 0.15) is 0 Å². The van der Waals surface area contributed by atoms with E-state index in [1.165, 1.54) is 22.3 Å². The second-order valence-electron chi connectivity index (χ2n) is 8.57. The summed E-state index contributed by atoms with van der Waals surface area (Å²) in [6.07, 6.45) is 15.4. The van der Waals surface area contributed by atoms with Crippen LogP contribution < -0.4 is 0 Å². The van der Waals surface area contributed by atoms with Gasteiger partial charge in [-0.1, -0.05) is 54.4 Å². The van der Waals surface area contributed by atoms with Crippen LogP contribution in [0.4, 0.5) is 0 Å². The molecule has 0 N–H and O–H groups in total. The van der Waals surface area contributed by atoms with Gasteiger partial charge in [0.15, 0.2) is 6.04 Å². The van der Waals surface area contributed by atoms with Crippen LogP contribution in [0, 0.1) is 5.92 Å². The number of carbonyl (C=O) groups excluding carboxylic acids is 1. The van der Waals surface area contributed by atoms with Crippen molar-refractivity contribution in [1.82, 2.24) is 0 Å². The summed E-state index contributed by atoms with van der Waals surface area (Å²) in [7, 11) is 0. The Morgan fingerprint density at radius 3 is 1.86 bits per heavy atom. The highest BCUT2D eigenvalue weighted by Gasteiger charge is 2.30. The summed E-state index contributed by atoms with van der Waals surface area (Å²) in [5.41, 5.74) is 5.50. The molecule has 1 aliphatic heterocycles. The fraction of sp³-hybridized carbons (Fsp3) is 0.600.